The summed E-state index contributed by atoms with van der Waals surface area (Å²) in [5, 5.41) is 2.75. The number of hydrogen-bond acceptors (Lipinski definition) is 2. The zero-order chi connectivity index (χ0) is 15.6. The van der Waals surface area contributed by atoms with Crippen LogP contribution in [0.3, 0.4) is 0 Å². The molecule has 1 aromatic carbocycles. The van der Waals surface area contributed by atoms with Gasteiger partial charge in [0.15, 0.2) is 0 Å². The maximum Gasteiger partial charge on any atom is 0.246 e. The van der Waals surface area contributed by atoms with E-state index in [1.165, 1.54) is 12.1 Å². The Hall–Kier alpha value is -1.91. The van der Waals surface area contributed by atoms with E-state index in [0.29, 0.717) is 13.0 Å². The van der Waals surface area contributed by atoms with Gasteiger partial charge in [-0.05, 0) is 29.5 Å². The van der Waals surface area contributed by atoms with Crippen LogP contribution in [-0.4, -0.2) is 35.8 Å². The van der Waals surface area contributed by atoms with Crippen LogP contribution in [0.5, 0.6) is 0 Å². The molecule has 5 heteroatoms. The van der Waals surface area contributed by atoms with Gasteiger partial charge in [-0.25, -0.2) is 4.39 Å². The molecule has 0 bridgehead atoms. The highest BCUT2D eigenvalue weighted by Crippen LogP contribution is 2.23. The molecular weight excluding hydrogens is 271 g/mol. The fourth-order valence-corrected chi connectivity index (χ4v) is 2.43. The molecule has 0 aromatic heterocycles. The fraction of sp³-hybridized carbons (Fsp3) is 0.500. The first kappa shape index (κ1) is 15.5. The van der Waals surface area contributed by atoms with E-state index >= 15 is 0 Å². The van der Waals surface area contributed by atoms with Gasteiger partial charge in [0.1, 0.15) is 11.9 Å². The average Bonchev–Trinajstić information content (AvgIpc) is 2.38. The number of carbonyl (C=O) groups is 2. The molecule has 1 aliphatic rings. The Balaban J connectivity index is 2.05. The van der Waals surface area contributed by atoms with E-state index in [1.54, 1.807) is 11.0 Å². The molecule has 2 rings (SSSR count). The first-order chi connectivity index (χ1) is 9.77. The van der Waals surface area contributed by atoms with E-state index < -0.39 is 6.04 Å². The fourth-order valence-electron chi connectivity index (χ4n) is 2.43. The summed E-state index contributed by atoms with van der Waals surface area (Å²) in [5.41, 5.74) is 0.491. The highest BCUT2D eigenvalue weighted by atomic mass is 19.1. The Morgan fingerprint density at radius 1 is 1.33 bits per heavy atom. The molecule has 1 aliphatic heterocycles. The lowest BCUT2D eigenvalue weighted by Gasteiger charge is -2.38. The standard InChI is InChI=1S/C16H21FN2O2/c1-16(2,3)14-15(21)19(10-13(20)18-14)8-7-11-5-4-6-12(17)9-11/h4-6,9,14H,7-8,10H2,1-3H3,(H,18,20). The van der Waals surface area contributed by atoms with E-state index in [-0.39, 0.29) is 29.6 Å². The van der Waals surface area contributed by atoms with Crippen LogP contribution in [0.1, 0.15) is 26.3 Å². The number of nitrogens with one attached hydrogen (secondary N) is 1. The van der Waals surface area contributed by atoms with Crippen molar-refractivity contribution in [3.05, 3.63) is 35.6 Å². The summed E-state index contributed by atoms with van der Waals surface area (Å²) >= 11 is 0. The van der Waals surface area contributed by atoms with Gasteiger partial charge in [0, 0.05) is 6.54 Å². The van der Waals surface area contributed by atoms with Crippen LogP contribution in [-0.2, 0) is 16.0 Å². The SMILES string of the molecule is CC(C)(C)C1NC(=O)CN(CCc2cccc(F)c2)C1=O. The summed E-state index contributed by atoms with van der Waals surface area (Å²) in [6.07, 6.45) is 0.535. The summed E-state index contributed by atoms with van der Waals surface area (Å²) in [5.74, 6) is -0.505. The van der Waals surface area contributed by atoms with Gasteiger partial charge in [-0.15, -0.1) is 0 Å². The maximum absolute atomic E-state index is 13.1. The van der Waals surface area contributed by atoms with Crippen molar-refractivity contribution < 1.29 is 14.0 Å². The van der Waals surface area contributed by atoms with Gasteiger partial charge < -0.3 is 10.2 Å². The average molecular weight is 292 g/mol. The lowest BCUT2D eigenvalue weighted by atomic mass is 9.84. The van der Waals surface area contributed by atoms with Crippen molar-refractivity contribution >= 4 is 11.8 Å². The number of halogens is 1. The Morgan fingerprint density at radius 3 is 2.67 bits per heavy atom. The summed E-state index contributed by atoms with van der Waals surface area (Å²) in [6.45, 7) is 6.26. The minimum absolute atomic E-state index is 0.0702. The van der Waals surface area contributed by atoms with Crippen LogP contribution in [0.25, 0.3) is 0 Å². The third kappa shape index (κ3) is 3.80. The zero-order valence-corrected chi connectivity index (χ0v) is 12.6. The van der Waals surface area contributed by atoms with Gasteiger partial charge in [0.05, 0.1) is 6.54 Å². The summed E-state index contributed by atoms with van der Waals surface area (Å²) in [6, 6.07) is 5.80. The number of amides is 2. The largest absolute Gasteiger partial charge is 0.342 e. The Labute approximate surface area is 124 Å². The van der Waals surface area contributed by atoms with Crippen LogP contribution in [0.4, 0.5) is 4.39 Å². The van der Waals surface area contributed by atoms with Crippen molar-refractivity contribution in [2.45, 2.75) is 33.2 Å². The molecule has 0 radical (unpaired) electrons. The molecule has 1 N–H and O–H groups in total. The van der Waals surface area contributed by atoms with Crippen LogP contribution < -0.4 is 5.32 Å². The normalized spacial score (nSPS) is 19.6. The van der Waals surface area contributed by atoms with Crippen molar-refractivity contribution in [2.75, 3.05) is 13.1 Å². The maximum atomic E-state index is 13.1. The van der Waals surface area contributed by atoms with Crippen molar-refractivity contribution in [1.29, 1.82) is 0 Å². The first-order valence-electron chi connectivity index (χ1n) is 7.10. The second-order valence-corrected chi connectivity index (χ2v) is 6.51. The topological polar surface area (TPSA) is 49.4 Å². The van der Waals surface area contributed by atoms with Crippen LogP contribution >= 0.6 is 0 Å². The Bertz CT molecular complexity index is 551. The number of rotatable bonds is 3. The Morgan fingerprint density at radius 2 is 2.05 bits per heavy atom. The van der Waals surface area contributed by atoms with Gasteiger partial charge in [-0.3, -0.25) is 9.59 Å². The molecular formula is C16H21FN2O2. The van der Waals surface area contributed by atoms with E-state index in [1.807, 2.05) is 26.8 Å². The third-order valence-corrected chi connectivity index (χ3v) is 3.62. The minimum atomic E-state index is -0.508. The van der Waals surface area contributed by atoms with E-state index in [2.05, 4.69) is 5.32 Å². The van der Waals surface area contributed by atoms with Crippen molar-refractivity contribution in [2.24, 2.45) is 5.41 Å². The van der Waals surface area contributed by atoms with Gasteiger partial charge >= 0.3 is 0 Å². The van der Waals surface area contributed by atoms with Crippen molar-refractivity contribution in [3.63, 3.8) is 0 Å². The van der Waals surface area contributed by atoms with Gasteiger partial charge in [0.25, 0.3) is 0 Å². The number of piperazine rings is 1. The third-order valence-electron chi connectivity index (χ3n) is 3.62. The second kappa shape index (κ2) is 5.84. The number of benzene rings is 1. The second-order valence-electron chi connectivity index (χ2n) is 6.51. The molecule has 1 unspecified atom stereocenters. The monoisotopic (exact) mass is 292 g/mol. The van der Waals surface area contributed by atoms with Gasteiger partial charge in [-0.2, -0.15) is 0 Å². The van der Waals surface area contributed by atoms with Gasteiger partial charge in [0.2, 0.25) is 11.8 Å². The summed E-state index contributed by atoms with van der Waals surface area (Å²) in [7, 11) is 0. The number of carbonyl (C=O) groups excluding carboxylic acids is 2. The van der Waals surface area contributed by atoms with E-state index in [0.717, 1.165) is 5.56 Å². The highest BCUT2D eigenvalue weighted by molar-refractivity contribution is 5.95. The predicted octanol–water partition coefficient (Wildman–Crippen LogP) is 1.74. The first-order valence-corrected chi connectivity index (χ1v) is 7.10. The summed E-state index contributed by atoms with van der Waals surface area (Å²) < 4.78 is 13.1. The minimum Gasteiger partial charge on any atom is -0.342 e. The quantitative estimate of drug-likeness (QED) is 0.922. The van der Waals surface area contributed by atoms with E-state index in [9.17, 15) is 14.0 Å². The molecule has 4 nitrogen and oxygen atoms in total. The van der Waals surface area contributed by atoms with Gasteiger partial charge in [-0.1, -0.05) is 32.9 Å². The highest BCUT2D eigenvalue weighted by Gasteiger charge is 2.39. The molecule has 0 spiro atoms. The number of nitrogens with zero attached hydrogens (tertiary/aromatic N) is 1. The summed E-state index contributed by atoms with van der Waals surface area (Å²) in [4.78, 5) is 25.8. The molecule has 0 saturated carbocycles. The molecule has 2 amide bonds. The lowest BCUT2D eigenvalue weighted by molar-refractivity contribution is -0.147. The molecule has 0 aliphatic carbocycles. The van der Waals surface area contributed by atoms with E-state index in [4.69, 9.17) is 0 Å². The molecule has 1 heterocycles. The van der Waals surface area contributed by atoms with Crippen LogP contribution in [0, 0.1) is 11.2 Å². The molecule has 1 atom stereocenters. The van der Waals surface area contributed by atoms with Crippen LogP contribution in [0.15, 0.2) is 24.3 Å². The van der Waals surface area contributed by atoms with Crippen molar-refractivity contribution in [1.82, 2.24) is 10.2 Å². The zero-order valence-electron chi connectivity index (χ0n) is 12.6. The van der Waals surface area contributed by atoms with Crippen molar-refractivity contribution in [3.8, 4) is 0 Å². The molecule has 21 heavy (non-hydrogen) atoms. The molecule has 1 aromatic rings. The number of hydrogen-bond donors (Lipinski definition) is 1. The molecule has 1 fully saturated rings. The Kier molecular flexibility index (Phi) is 4.30. The van der Waals surface area contributed by atoms with Crippen LogP contribution in [0.2, 0.25) is 0 Å². The lowest BCUT2D eigenvalue weighted by Crippen LogP contribution is -2.62. The molecule has 1 saturated heterocycles. The predicted molar refractivity (Wildman–Crippen MR) is 78.1 cm³/mol. The smallest absolute Gasteiger partial charge is 0.246 e. The molecule has 114 valence electrons.